The second-order valence-electron chi connectivity index (χ2n) is 8.70. The van der Waals surface area contributed by atoms with Crippen LogP contribution in [-0.4, -0.2) is 50.6 Å². The van der Waals surface area contributed by atoms with E-state index >= 15 is 0 Å². The Bertz CT molecular complexity index is 1550. The molecule has 9 nitrogen and oxygen atoms in total. The standard InChI is InChI=1S/C28H26ClN7O2/c1-35(18-19-5-4-6-21(8-7-19)25-13-14-38-34-25)33-27-26(22-15-30-28(37-3)31-16-22)24(17-32-36(27)2)20-9-11-23(29)12-10-20/h4-17,21H,18H2,1-3H3/b33-27-. The third kappa shape index (κ3) is 5.57. The molecule has 0 fully saturated rings. The van der Waals surface area contributed by atoms with Crippen molar-refractivity contribution in [3.63, 3.8) is 0 Å². The van der Waals surface area contributed by atoms with Crippen LogP contribution in [0.2, 0.25) is 5.02 Å². The molecular weight excluding hydrogens is 502 g/mol. The SMILES string of the molecule is COc1ncc(-c2c(-c3ccc(Cl)cc3)cnn(C)/c2=N\N(C)CC2=CC=CC(c3ccon3)C=C2)cn1. The molecule has 1 aliphatic carbocycles. The first-order valence-electron chi connectivity index (χ1n) is 11.9. The number of nitrogens with zero attached hydrogens (tertiary/aromatic N) is 7. The Hall–Kier alpha value is -4.50. The Morgan fingerprint density at radius 3 is 2.58 bits per heavy atom. The molecule has 3 aromatic heterocycles. The van der Waals surface area contributed by atoms with E-state index in [4.69, 9.17) is 26.0 Å². The summed E-state index contributed by atoms with van der Waals surface area (Å²) in [6.45, 7) is 0.579. The number of hydrogen-bond acceptors (Lipinski definition) is 8. The normalized spacial score (nSPS) is 15.3. The molecule has 5 rings (SSSR count). The Balaban J connectivity index is 1.53. The highest BCUT2D eigenvalue weighted by Crippen LogP contribution is 2.29. The van der Waals surface area contributed by atoms with Gasteiger partial charge in [0.2, 0.25) is 0 Å². The molecule has 1 aromatic carbocycles. The average Bonchev–Trinajstić information content (AvgIpc) is 3.37. The summed E-state index contributed by atoms with van der Waals surface area (Å²) >= 11 is 6.15. The molecule has 0 amide bonds. The van der Waals surface area contributed by atoms with Gasteiger partial charge in [-0.1, -0.05) is 59.3 Å². The second-order valence-corrected chi connectivity index (χ2v) is 9.13. The minimum Gasteiger partial charge on any atom is -0.467 e. The van der Waals surface area contributed by atoms with E-state index in [0.29, 0.717) is 23.1 Å². The highest BCUT2D eigenvalue weighted by molar-refractivity contribution is 6.30. The Morgan fingerprint density at radius 2 is 1.87 bits per heavy atom. The van der Waals surface area contributed by atoms with Gasteiger partial charge in [-0.05, 0) is 23.3 Å². The maximum atomic E-state index is 6.15. The lowest BCUT2D eigenvalue weighted by Gasteiger charge is -2.17. The van der Waals surface area contributed by atoms with Crippen LogP contribution in [-0.2, 0) is 7.05 Å². The predicted octanol–water partition coefficient (Wildman–Crippen LogP) is 4.78. The summed E-state index contributed by atoms with van der Waals surface area (Å²) in [4.78, 5) is 8.66. The molecule has 0 saturated heterocycles. The molecule has 10 heteroatoms. The zero-order valence-corrected chi connectivity index (χ0v) is 21.9. The van der Waals surface area contributed by atoms with Gasteiger partial charge in [0.05, 0.1) is 25.5 Å². The van der Waals surface area contributed by atoms with E-state index in [2.05, 4.69) is 44.5 Å². The van der Waals surface area contributed by atoms with Crippen molar-refractivity contribution in [3.8, 4) is 28.3 Å². The molecule has 38 heavy (non-hydrogen) atoms. The number of aromatic nitrogens is 5. The van der Waals surface area contributed by atoms with E-state index < -0.39 is 0 Å². The van der Waals surface area contributed by atoms with Crippen LogP contribution in [0.4, 0.5) is 0 Å². The minimum atomic E-state index is 0.0597. The smallest absolute Gasteiger partial charge is 0.316 e. The summed E-state index contributed by atoms with van der Waals surface area (Å²) in [6.07, 6.45) is 17.2. The fourth-order valence-electron chi connectivity index (χ4n) is 4.15. The van der Waals surface area contributed by atoms with Crippen LogP contribution in [0.15, 0.2) is 101 Å². The Labute approximate surface area is 225 Å². The van der Waals surface area contributed by atoms with Gasteiger partial charge in [0.1, 0.15) is 6.26 Å². The van der Waals surface area contributed by atoms with Crippen molar-refractivity contribution in [2.24, 2.45) is 12.1 Å². The van der Waals surface area contributed by atoms with E-state index in [1.165, 1.54) is 7.11 Å². The van der Waals surface area contributed by atoms with Crippen LogP contribution in [0.3, 0.4) is 0 Å². The minimum absolute atomic E-state index is 0.0597. The van der Waals surface area contributed by atoms with Crippen LogP contribution in [0, 0.1) is 0 Å². The van der Waals surface area contributed by atoms with E-state index in [-0.39, 0.29) is 5.92 Å². The number of allylic oxidation sites excluding steroid dienone is 4. The zero-order valence-electron chi connectivity index (χ0n) is 21.2. The van der Waals surface area contributed by atoms with E-state index in [9.17, 15) is 0 Å². The van der Waals surface area contributed by atoms with Crippen LogP contribution in [0.1, 0.15) is 11.6 Å². The summed E-state index contributed by atoms with van der Waals surface area (Å²) < 4.78 is 11.9. The third-order valence-electron chi connectivity index (χ3n) is 6.04. The predicted molar refractivity (Wildman–Crippen MR) is 145 cm³/mol. The fraction of sp³-hybridized carbons (Fsp3) is 0.179. The average molecular weight is 528 g/mol. The molecule has 0 saturated carbocycles. The van der Waals surface area contributed by atoms with Gasteiger partial charge in [-0.3, -0.25) is 5.01 Å². The highest BCUT2D eigenvalue weighted by Gasteiger charge is 2.16. The first-order valence-corrected chi connectivity index (χ1v) is 12.3. The maximum absolute atomic E-state index is 6.15. The lowest BCUT2D eigenvalue weighted by molar-refractivity contribution is 0.365. The van der Waals surface area contributed by atoms with E-state index in [1.54, 1.807) is 23.3 Å². The number of halogens is 1. The summed E-state index contributed by atoms with van der Waals surface area (Å²) in [5.41, 5.74) is 6.08. The van der Waals surface area contributed by atoms with Gasteiger partial charge in [-0.25, -0.2) is 14.6 Å². The number of ether oxygens (including phenoxy) is 1. The van der Waals surface area contributed by atoms with Crippen LogP contribution in [0.25, 0.3) is 22.3 Å². The molecule has 3 heterocycles. The molecular formula is C28H26ClN7O2. The second kappa shape index (κ2) is 11.3. The summed E-state index contributed by atoms with van der Waals surface area (Å²) in [7, 11) is 5.33. The maximum Gasteiger partial charge on any atom is 0.316 e. The van der Waals surface area contributed by atoms with Crippen molar-refractivity contribution in [1.82, 2.24) is 29.9 Å². The molecule has 4 aromatic rings. The highest BCUT2D eigenvalue weighted by atomic mass is 35.5. The molecule has 0 N–H and O–H groups in total. The van der Waals surface area contributed by atoms with E-state index in [0.717, 1.165) is 33.5 Å². The monoisotopic (exact) mass is 527 g/mol. The van der Waals surface area contributed by atoms with Gasteiger partial charge in [0.25, 0.3) is 0 Å². The van der Waals surface area contributed by atoms with Crippen molar-refractivity contribution in [1.29, 1.82) is 0 Å². The van der Waals surface area contributed by atoms with Crippen LogP contribution in [0.5, 0.6) is 6.01 Å². The molecule has 0 aliphatic heterocycles. The molecule has 192 valence electrons. The molecule has 1 aliphatic rings. The first kappa shape index (κ1) is 25.2. The van der Waals surface area contributed by atoms with Gasteiger partial charge in [0.15, 0.2) is 5.49 Å². The molecule has 1 atom stereocenters. The summed E-state index contributed by atoms with van der Waals surface area (Å²) in [5, 5.41) is 16.2. The molecule has 0 bridgehead atoms. The van der Waals surface area contributed by atoms with Gasteiger partial charge >= 0.3 is 6.01 Å². The lowest BCUT2D eigenvalue weighted by atomic mass is 9.99. The van der Waals surface area contributed by atoms with Crippen molar-refractivity contribution in [2.75, 3.05) is 20.7 Å². The van der Waals surface area contributed by atoms with E-state index in [1.807, 2.05) is 61.7 Å². The van der Waals surface area contributed by atoms with Gasteiger partial charge in [-0.15, -0.1) is 0 Å². The number of aryl methyl sites for hydroxylation is 1. The molecule has 0 spiro atoms. The summed E-state index contributed by atoms with van der Waals surface area (Å²) in [6, 6.07) is 9.79. The third-order valence-corrected chi connectivity index (χ3v) is 6.29. The largest absolute Gasteiger partial charge is 0.467 e. The number of rotatable bonds is 7. The van der Waals surface area contributed by atoms with Crippen LogP contribution >= 0.6 is 11.6 Å². The zero-order chi connectivity index (χ0) is 26.5. The van der Waals surface area contributed by atoms with Crippen molar-refractivity contribution in [2.45, 2.75) is 5.92 Å². The molecule has 0 radical (unpaired) electrons. The first-order chi connectivity index (χ1) is 18.5. The van der Waals surface area contributed by atoms with Crippen molar-refractivity contribution >= 4 is 11.6 Å². The van der Waals surface area contributed by atoms with Gasteiger partial charge in [-0.2, -0.15) is 10.2 Å². The quantitative estimate of drug-likeness (QED) is 0.319. The van der Waals surface area contributed by atoms with Crippen molar-refractivity contribution in [3.05, 3.63) is 107 Å². The topological polar surface area (TPSA) is 94.5 Å². The van der Waals surface area contributed by atoms with Gasteiger partial charge < -0.3 is 9.26 Å². The number of methoxy groups -OCH3 is 1. The number of hydrogen-bond donors (Lipinski definition) is 0. The summed E-state index contributed by atoms with van der Waals surface area (Å²) in [5.74, 6) is 0.0597. The van der Waals surface area contributed by atoms with Crippen molar-refractivity contribution < 1.29 is 9.26 Å². The molecule has 1 unspecified atom stereocenters. The fourth-order valence-corrected chi connectivity index (χ4v) is 4.27. The Morgan fingerprint density at radius 1 is 1.08 bits per heavy atom. The van der Waals surface area contributed by atoms with Gasteiger partial charge in [0, 0.05) is 60.2 Å². The Kier molecular flexibility index (Phi) is 7.46. The lowest BCUT2D eigenvalue weighted by Crippen LogP contribution is -2.28. The number of likely N-dealkylation sites (N-methyl/N-ethyl adjacent to an activating group) is 1. The number of benzene rings is 1. The van der Waals surface area contributed by atoms with Crippen LogP contribution < -0.4 is 10.2 Å².